The highest BCUT2D eigenvalue weighted by Gasteiger charge is 2.50. The van der Waals surface area contributed by atoms with Crippen LogP contribution < -0.4 is 16.8 Å². The number of rotatable bonds is 9. The molecule has 4 rings (SSSR count). The van der Waals surface area contributed by atoms with E-state index in [0.29, 0.717) is 43.7 Å². The second-order valence-corrected chi connectivity index (χ2v) is 12.9. The van der Waals surface area contributed by atoms with E-state index in [1.54, 1.807) is 25.5 Å². The number of aromatic nitrogens is 3. The molecule has 2 heterocycles. The molecule has 0 spiro atoms. The van der Waals surface area contributed by atoms with Gasteiger partial charge in [-0.2, -0.15) is 0 Å². The maximum atomic E-state index is 14.1. The van der Waals surface area contributed by atoms with E-state index < -0.39 is 46.4 Å². The van der Waals surface area contributed by atoms with Crippen LogP contribution in [-0.2, 0) is 24.8 Å². The first-order valence-electron chi connectivity index (χ1n) is 14.6. The smallest absolute Gasteiger partial charge is 0.287 e. The van der Waals surface area contributed by atoms with Crippen molar-refractivity contribution in [3.8, 4) is 0 Å². The second kappa shape index (κ2) is 11.6. The van der Waals surface area contributed by atoms with Crippen LogP contribution in [-0.4, -0.2) is 72.2 Å². The minimum Gasteiger partial charge on any atom is -0.384 e. The van der Waals surface area contributed by atoms with Crippen molar-refractivity contribution in [3.05, 3.63) is 11.9 Å². The van der Waals surface area contributed by atoms with Gasteiger partial charge in [-0.15, -0.1) is 5.10 Å². The van der Waals surface area contributed by atoms with E-state index in [4.69, 9.17) is 11.5 Å². The van der Waals surface area contributed by atoms with Crippen molar-refractivity contribution in [1.82, 2.24) is 25.2 Å². The number of ketones is 1. The molecule has 1 aromatic heterocycles. The molecule has 1 aromatic rings. The fourth-order valence-electron chi connectivity index (χ4n) is 6.94. The van der Waals surface area contributed by atoms with Gasteiger partial charge in [-0.1, -0.05) is 56.6 Å². The topological polar surface area (TPSA) is 187 Å². The van der Waals surface area contributed by atoms with E-state index in [-0.39, 0.29) is 18.9 Å². The molecule has 3 amide bonds. The van der Waals surface area contributed by atoms with Crippen molar-refractivity contribution in [1.29, 1.82) is 0 Å². The zero-order valence-corrected chi connectivity index (χ0v) is 24.0. The Hall–Kier alpha value is -2.86. The summed E-state index contributed by atoms with van der Waals surface area (Å²) in [5.74, 6) is -2.42. The van der Waals surface area contributed by atoms with Crippen LogP contribution in [0.25, 0.3) is 0 Å². The summed E-state index contributed by atoms with van der Waals surface area (Å²) in [6, 6.07) is -1.41. The Labute approximate surface area is 235 Å². The van der Waals surface area contributed by atoms with Gasteiger partial charge in [-0.3, -0.25) is 19.2 Å². The van der Waals surface area contributed by atoms with Crippen LogP contribution in [0, 0.1) is 5.92 Å². The molecule has 12 nitrogen and oxygen atoms in total. The van der Waals surface area contributed by atoms with Crippen LogP contribution >= 0.6 is 0 Å². The SMILES string of the molecule is CC(N)(CC1CCCCC1)C(=O)N1CC(n2nncc2C(C)(C)O)CC1C(=O)NC1(C(=O)C(N)=O)CCCCC1. The Morgan fingerprint density at radius 1 is 1.07 bits per heavy atom. The first-order chi connectivity index (χ1) is 18.7. The summed E-state index contributed by atoms with van der Waals surface area (Å²) >= 11 is 0. The van der Waals surface area contributed by atoms with E-state index in [1.807, 2.05) is 0 Å². The van der Waals surface area contributed by atoms with Crippen molar-refractivity contribution < 1.29 is 24.3 Å². The van der Waals surface area contributed by atoms with Gasteiger partial charge < -0.3 is 26.8 Å². The molecule has 3 unspecified atom stereocenters. The number of carbonyl (C=O) groups excluding carboxylic acids is 4. The summed E-state index contributed by atoms with van der Waals surface area (Å²) < 4.78 is 1.56. The standard InChI is InChI=1S/C28H45N7O5/c1-26(2,40)21-16-31-33-35(21)19-14-20(24(38)32-28(22(36)23(29)37)12-8-5-9-13-28)34(17-19)25(39)27(3,30)15-18-10-6-4-7-11-18/h16,18-20,40H,4-15,17,30H2,1-3H3,(H2,29,37)(H,32,38). The number of Topliss-reactive ketones (excluding diaryl/α,β-unsaturated/α-hetero) is 1. The van der Waals surface area contributed by atoms with E-state index in [0.717, 1.165) is 32.1 Å². The molecule has 0 radical (unpaired) electrons. The summed E-state index contributed by atoms with van der Waals surface area (Å²) in [6.45, 7) is 5.10. The molecule has 2 saturated carbocycles. The molecule has 0 aromatic carbocycles. The van der Waals surface area contributed by atoms with Crippen molar-refractivity contribution >= 4 is 23.5 Å². The molecule has 3 atom stereocenters. The number of nitrogens with two attached hydrogens (primary N) is 2. The molecule has 0 bridgehead atoms. The van der Waals surface area contributed by atoms with Crippen LogP contribution in [0.4, 0.5) is 0 Å². The highest BCUT2D eigenvalue weighted by atomic mass is 16.3. The van der Waals surface area contributed by atoms with Crippen molar-refractivity contribution in [2.45, 2.75) is 127 Å². The van der Waals surface area contributed by atoms with Crippen LogP contribution in [0.3, 0.4) is 0 Å². The zero-order valence-electron chi connectivity index (χ0n) is 24.0. The number of carbonyl (C=O) groups is 4. The number of amides is 3. The van der Waals surface area contributed by atoms with Gasteiger partial charge in [0.15, 0.2) is 0 Å². The number of primary amides is 1. The molecule has 6 N–H and O–H groups in total. The first-order valence-corrected chi connectivity index (χ1v) is 14.6. The Bertz CT molecular complexity index is 1110. The summed E-state index contributed by atoms with van der Waals surface area (Å²) in [7, 11) is 0. The molecule has 2 aliphatic carbocycles. The lowest BCUT2D eigenvalue weighted by Crippen LogP contribution is -2.63. The Kier molecular flexibility index (Phi) is 8.70. The Morgan fingerprint density at radius 3 is 2.30 bits per heavy atom. The van der Waals surface area contributed by atoms with Crippen molar-refractivity contribution in [3.63, 3.8) is 0 Å². The van der Waals surface area contributed by atoms with Crippen LogP contribution in [0.1, 0.15) is 110 Å². The average molecular weight is 560 g/mol. The monoisotopic (exact) mass is 559 g/mol. The third-order valence-corrected chi connectivity index (χ3v) is 9.04. The number of aliphatic hydroxyl groups is 1. The molecule has 40 heavy (non-hydrogen) atoms. The fourth-order valence-corrected chi connectivity index (χ4v) is 6.94. The number of nitrogens with zero attached hydrogens (tertiary/aromatic N) is 4. The van der Waals surface area contributed by atoms with Gasteiger partial charge in [0, 0.05) is 13.0 Å². The Balaban J connectivity index is 1.64. The number of nitrogens with one attached hydrogen (secondary N) is 1. The minimum absolute atomic E-state index is 0.136. The highest BCUT2D eigenvalue weighted by molar-refractivity contribution is 6.39. The van der Waals surface area contributed by atoms with Gasteiger partial charge in [0.2, 0.25) is 17.6 Å². The van der Waals surface area contributed by atoms with Crippen molar-refractivity contribution in [2.24, 2.45) is 17.4 Å². The van der Waals surface area contributed by atoms with Gasteiger partial charge in [-0.05, 0) is 46.0 Å². The molecule has 222 valence electrons. The number of likely N-dealkylation sites (tertiary alicyclic amines) is 1. The van der Waals surface area contributed by atoms with Gasteiger partial charge in [0.25, 0.3) is 5.91 Å². The number of hydrogen-bond donors (Lipinski definition) is 4. The van der Waals surface area contributed by atoms with E-state index in [2.05, 4.69) is 15.6 Å². The predicted molar refractivity (Wildman–Crippen MR) is 146 cm³/mol. The maximum absolute atomic E-state index is 14.1. The molecule has 1 saturated heterocycles. The van der Waals surface area contributed by atoms with Gasteiger partial charge in [-0.25, -0.2) is 4.68 Å². The minimum atomic E-state index is -1.38. The molecular weight excluding hydrogens is 514 g/mol. The molecule has 1 aliphatic heterocycles. The molecule has 12 heteroatoms. The quantitative estimate of drug-likeness (QED) is 0.325. The van der Waals surface area contributed by atoms with Crippen LogP contribution in [0.15, 0.2) is 6.20 Å². The largest absolute Gasteiger partial charge is 0.384 e. The molecule has 3 fully saturated rings. The average Bonchev–Trinajstić information content (AvgIpc) is 3.56. The van der Waals surface area contributed by atoms with E-state index in [9.17, 15) is 24.3 Å². The molecular formula is C28H45N7O5. The lowest BCUT2D eigenvalue weighted by atomic mass is 9.78. The van der Waals surface area contributed by atoms with E-state index in [1.165, 1.54) is 17.5 Å². The molecule has 3 aliphatic rings. The Morgan fingerprint density at radius 2 is 1.70 bits per heavy atom. The third kappa shape index (κ3) is 6.22. The van der Waals surface area contributed by atoms with Crippen molar-refractivity contribution in [2.75, 3.05) is 6.54 Å². The predicted octanol–water partition coefficient (Wildman–Crippen LogP) is 1.21. The second-order valence-electron chi connectivity index (χ2n) is 12.9. The summed E-state index contributed by atoms with van der Waals surface area (Å²) in [4.78, 5) is 54.3. The summed E-state index contributed by atoms with van der Waals surface area (Å²) in [5, 5.41) is 21.7. The lowest BCUT2D eigenvalue weighted by Gasteiger charge is -2.39. The fraction of sp³-hybridized carbons (Fsp3) is 0.786. The maximum Gasteiger partial charge on any atom is 0.287 e. The van der Waals surface area contributed by atoms with Gasteiger partial charge in [0.05, 0.1) is 23.5 Å². The van der Waals surface area contributed by atoms with Crippen LogP contribution in [0.5, 0.6) is 0 Å². The third-order valence-electron chi connectivity index (χ3n) is 9.04. The summed E-state index contributed by atoms with van der Waals surface area (Å²) in [6.07, 6.45) is 10.5. The first kappa shape index (κ1) is 30.1. The zero-order chi connectivity index (χ0) is 29.3. The van der Waals surface area contributed by atoms with Crippen LogP contribution in [0.2, 0.25) is 0 Å². The highest BCUT2D eigenvalue weighted by Crippen LogP contribution is 2.36. The van der Waals surface area contributed by atoms with Gasteiger partial charge in [0.1, 0.15) is 17.2 Å². The number of hydrogen-bond acceptors (Lipinski definition) is 8. The lowest BCUT2D eigenvalue weighted by molar-refractivity contribution is -0.146. The normalized spacial score (nSPS) is 25.3. The summed E-state index contributed by atoms with van der Waals surface area (Å²) in [5.41, 5.74) is 8.70. The van der Waals surface area contributed by atoms with E-state index >= 15 is 0 Å². The van der Waals surface area contributed by atoms with Gasteiger partial charge >= 0.3 is 0 Å².